The van der Waals surface area contributed by atoms with E-state index in [1.807, 2.05) is 12.1 Å². The summed E-state index contributed by atoms with van der Waals surface area (Å²) in [5.74, 6) is 0.691. The van der Waals surface area contributed by atoms with Gasteiger partial charge in [0, 0.05) is 54.9 Å². The second-order valence-corrected chi connectivity index (χ2v) is 14.1. The van der Waals surface area contributed by atoms with Crippen molar-refractivity contribution in [1.29, 1.82) is 0 Å². The Morgan fingerprint density at radius 3 is 2.72 bits per heavy atom. The standard InChI is InChI=1S/C36H42ClN7O3/c1-5-32(45)43-15-14-42(18-27(43)17-38-3)34-28-16-24(2)44(31-11-7-9-25-8-6-10-29(37)33(25)31)19-30(28)39-35(40-34)47-23-36(21-46-22-36)20-41(4)26-12-13-26/h5-11,24,26-27H,1,12-23H2,2,4H3/t24?,27-/m0/s1. The van der Waals surface area contributed by atoms with Gasteiger partial charge in [-0.15, -0.1) is 0 Å². The van der Waals surface area contributed by atoms with E-state index < -0.39 is 0 Å². The van der Waals surface area contributed by atoms with E-state index in [1.165, 1.54) is 18.9 Å². The Labute approximate surface area is 281 Å². The summed E-state index contributed by atoms with van der Waals surface area (Å²) >= 11 is 6.78. The van der Waals surface area contributed by atoms with E-state index in [0.717, 1.165) is 51.5 Å². The fourth-order valence-electron chi connectivity index (χ4n) is 7.44. The number of fused-ring (bicyclic) bond motifs is 2. The third-order valence-electron chi connectivity index (χ3n) is 10.2. The van der Waals surface area contributed by atoms with Crippen LogP contribution < -0.4 is 14.5 Å². The quantitative estimate of drug-likeness (QED) is 0.227. The topological polar surface area (TPSA) is 78.6 Å². The summed E-state index contributed by atoms with van der Waals surface area (Å²) in [5, 5.41) is 2.86. The van der Waals surface area contributed by atoms with Gasteiger partial charge in [-0.1, -0.05) is 42.4 Å². The lowest BCUT2D eigenvalue weighted by Crippen LogP contribution is -2.56. The number of carbonyl (C=O) groups is 1. The van der Waals surface area contributed by atoms with Crippen molar-refractivity contribution in [1.82, 2.24) is 19.8 Å². The molecular formula is C36H42ClN7O3. The molecule has 3 aromatic rings. The van der Waals surface area contributed by atoms with E-state index in [1.54, 1.807) is 4.90 Å². The van der Waals surface area contributed by atoms with Crippen molar-refractivity contribution < 1.29 is 14.3 Å². The average Bonchev–Trinajstić information content (AvgIpc) is 3.91. The molecule has 3 fully saturated rings. The molecule has 1 saturated carbocycles. The first-order valence-electron chi connectivity index (χ1n) is 16.5. The van der Waals surface area contributed by atoms with Gasteiger partial charge in [0.25, 0.3) is 0 Å². The lowest BCUT2D eigenvalue weighted by molar-refractivity contribution is -0.143. The highest BCUT2D eigenvalue weighted by Crippen LogP contribution is 2.40. The number of hydrogen-bond donors (Lipinski definition) is 0. The zero-order chi connectivity index (χ0) is 32.7. The summed E-state index contributed by atoms with van der Waals surface area (Å²) in [6, 6.07) is 13.2. The number of rotatable bonds is 10. The van der Waals surface area contributed by atoms with Gasteiger partial charge in [0.05, 0.1) is 35.9 Å². The summed E-state index contributed by atoms with van der Waals surface area (Å²) in [6.45, 7) is 18.6. The smallest absolute Gasteiger partial charge is 0.318 e. The molecule has 1 aliphatic carbocycles. The maximum absolute atomic E-state index is 12.7. The van der Waals surface area contributed by atoms with E-state index in [-0.39, 0.29) is 30.0 Å². The predicted molar refractivity (Wildman–Crippen MR) is 184 cm³/mol. The number of aromatic nitrogens is 2. The molecule has 2 atom stereocenters. The summed E-state index contributed by atoms with van der Waals surface area (Å²) in [6.07, 6.45) is 4.57. The van der Waals surface area contributed by atoms with Gasteiger partial charge in [-0.25, -0.2) is 6.57 Å². The number of benzene rings is 2. The van der Waals surface area contributed by atoms with Crippen molar-refractivity contribution in [2.75, 3.05) is 69.4 Å². The van der Waals surface area contributed by atoms with Crippen LogP contribution in [0.4, 0.5) is 11.5 Å². The van der Waals surface area contributed by atoms with Gasteiger partial charge in [0.1, 0.15) is 18.5 Å². The molecule has 3 aliphatic heterocycles. The van der Waals surface area contributed by atoms with E-state index in [2.05, 4.69) is 64.4 Å². The maximum atomic E-state index is 12.7. The molecular weight excluding hydrogens is 614 g/mol. The molecule has 0 bridgehead atoms. The molecule has 1 unspecified atom stereocenters. The first kappa shape index (κ1) is 31.7. The van der Waals surface area contributed by atoms with Crippen LogP contribution in [0.3, 0.4) is 0 Å². The number of amides is 1. The number of piperazine rings is 1. The Hall–Kier alpha value is -3.91. The lowest BCUT2D eigenvalue weighted by Gasteiger charge is -2.43. The Kier molecular flexibility index (Phi) is 8.73. The highest BCUT2D eigenvalue weighted by Gasteiger charge is 2.43. The van der Waals surface area contributed by atoms with Crippen LogP contribution in [0.5, 0.6) is 6.01 Å². The molecule has 0 spiro atoms. The lowest BCUT2D eigenvalue weighted by atomic mass is 9.86. The molecule has 1 amide bonds. The summed E-state index contributed by atoms with van der Waals surface area (Å²) in [5.41, 5.74) is 3.00. The Balaban J connectivity index is 1.23. The van der Waals surface area contributed by atoms with Crippen molar-refractivity contribution >= 4 is 39.8 Å². The van der Waals surface area contributed by atoms with E-state index in [9.17, 15) is 4.79 Å². The second-order valence-electron chi connectivity index (χ2n) is 13.7. The van der Waals surface area contributed by atoms with Gasteiger partial charge in [-0.2, -0.15) is 9.97 Å². The minimum Gasteiger partial charge on any atom is -0.463 e. The van der Waals surface area contributed by atoms with E-state index in [4.69, 9.17) is 37.6 Å². The number of anilines is 2. The maximum Gasteiger partial charge on any atom is 0.318 e. The molecule has 10 nitrogen and oxygen atoms in total. The minimum atomic E-state index is -0.259. The Bertz CT molecular complexity index is 1710. The zero-order valence-electron chi connectivity index (χ0n) is 27.2. The van der Waals surface area contributed by atoms with Gasteiger partial charge in [-0.05, 0) is 56.8 Å². The largest absolute Gasteiger partial charge is 0.463 e. The Morgan fingerprint density at radius 1 is 1.23 bits per heavy atom. The fourth-order valence-corrected chi connectivity index (χ4v) is 7.72. The van der Waals surface area contributed by atoms with Crippen molar-refractivity contribution in [2.45, 2.75) is 50.9 Å². The van der Waals surface area contributed by atoms with Crippen LogP contribution in [0.2, 0.25) is 5.02 Å². The van der Waals surface area contributed by atoms with Gasteiger partial charge in [0.2, 0.25) is 12.5 Å². The third-order valence-corrected chi connectivity index (χ3v) is 10.5. The monoisotopic (exact) mass is 655 g/mol. The van der Waals surface area contributed by atoms with Crippen LogP contribution in [0.1, 0.15) is 31.0 Å². The zero-order valence-corrected chi connectivity index (χ0v) is 28.0. The van der Waals surface area contributed by atoms with E-state index >= 15 is 0 Å². The first-order chi connectivity index (χ1) is 22.8. The number of nitrogens with zero attached hydrogens (tertiary/aromatic N) is 7. The third kappa shape index (κ3) is 6.24. The fraction of sp³-hybridized carbons (Fsp3) is 0.500. The first-order valence-corrected chi connectivity index (χ1v) is 16.9. The highest BCUT2D eigenvalue weighted by molar-refractivity contribution is 6.36. The van der Waals surface area contributed by atoms with Crippen LogP contribution in [-0.4, -0.2) is 103 Å². The molecule has 4 heterocycles. The molecule has 7 rings (SSSR count). The van der Waals surface area contributed by atoms with Crippen molar-refractivity contribution in [2.24, 2.45) is 5.41 Å². The number of ether oxygens (including phenoxy) is 2. The molecule has 0 N–H and O–H groups in total. The van der Waals surface area contributed by atoms with Crippen molar-refractivity contribution in [3.05, 3.63) is 76.8 Å². The molecule has 47 heavy (non-hydrogen) atoms. The summed E-state index contributed by atoms with van der Waals surface area (Å²) in [7, 11) is 2.19. The van der Waals surface area contributed by atoms with Crippen molar-refractivity contribution in [3.63, 3.8) is 0 Å². The molecule has 0 radical (unpaired) electrons. The summed E-state index contributed by atoms with van der Waals surface area (Å²) in [4.78, 5) is 35.3. The van der Waals surface area contributed by atoms with Crippen LogP contribution >= 0.6 is 11.6 Å². The van der Waals surface area contributed by atoms with Crippen LogP contribution in [0, 0.1) is 12.0 Å². The van der Waals surface area contributed by atoms with E-state index in [0.29, 0.717) is 58.1 Å². The van der Waals surface area contributed by atoms with Gasteiger partial charge >= 0.3 is 6.01 Å². The molecule has 4 aliphatic rings. The number of halogens is 1. The molecule has 2 saturated heterocycles. The minimum absolute atomic E-state index is 0.0889. The molecule has 246 valence electrons. The normalized spacial score (nSPS) is 22.1. The van der Waals surface area contributed by atoms with Gasteiger partial charge in [0.15, 0.2) is 0 Å². The van der Waals surface area contributed by atoms with Crippen molar-refractivity contribution in [3.8, 4) is 6.01 Å². The average molecular weight is 656 g/mol. The van der Waals surface area contributed by atoms with Crippen LogP contribution in [0.25, 0.3) is 15.6 Å². The Morgan fingerprint density at radius 2 is 2.02 bits per heavy atom. The SMILES string of the molecule is [C-]#[N+]C[C@H]1CN(c2nc(OCC3(CN(C)C4CC4)COC3)nc3c2CC(C)N(c2cccc4cccc(Cl)c24)C3)CCN1C(=O)C=C. The molecule has 1 aromatic heterocycles. The molecule has 11 heteroatoms. The summed E-state index contributed by atoms with van der Waals surface area (Å²) < 4.78 is 12.2. The van der Waals surface area contributed by atoms with Gasteiger partial charge < -0.3 is 33.9 Å². The van der Waals surface area contributed by atoms with Crippen LogP contribution in [-0.2, 0) is 22.5 Å². The number of carbonyl (C=O) groups excluding carboxylic acids is 1. The number of hydrogen-bond acceptors (Lipinski definition) is 8. The van der Waals surface area contributed by atoms with Gasteiger partial charge in [-0.3, -0.25) is 4.79 Å². The highest BCUT2D eigenvalue weighted by atomic mass is 35.5. The van der Waals surface area contributed by atoms with Crippen LogP contribution in [0.15, 0.2) is 49.1 Å². The second kappa shape index (κ2) is 12.9. The molecule has 2 aromatic carbocycles. The predicted octanol–water partition coefficient (Wildman–Crippen LogP) is 4.85.